The van der Waals surface area contributed by atoms with E-state index in [0.717, 1.165) is 0 Å². The molecule has 1 rings (SSSR count). The van der Waals surface area contributed by atoms with Crippen LogP contribution in [-0.4, -0.2) is 40.0 Å². The van der Waals surface area contributed by atoms with Gasteiger partial charge in [-0.15, -0.1) is 0 Å². The molecule has 0 fully saturated rings. The predicted molar refractivity (Wildman–Crippen MR) is 70.7 cm³/mol. The molecule has 0 saturated carbocycles. The first-order valence-corrected chi connectivity index (χ1v) is 5.93. The predicted octanol–water partition coefficient (Wildman–Crippen LogP) is 1.80. The van der Waals surface area contributed by atoms with Gasteiger partial charge in [-0.05, 0) is 46.0 Å². The van der Waals surface area contributed by atoms with Gasteiger partial charge in [-0.2, -0.15) is 0 Å². The van der Waals surface area contributed by atoms with Crippen molar-refractivity contribution in [1.29, 1.82) is 0 Å². The standard InChI is InChI=1S/C14H21NO3/c1-14(2,3)15(4)8-13(18)10-5-6-12(17)11(7-10)9-16/h5-7,16-17H,8-9H2,1-4H3. The highest BCUT2D eigenvalue weighted by Crippen LogP contribution is 2.19. The molecular formula is C14H21NO3. The lowest BCUT2D eigenvalue weighted by Crippen LogP contribution is -2.41. The summed E-state index contributed by atoms with van der Waals surface area (Å²) in [6, 6.07) is 4.55. The maximum absolute atomic E-state index is 12.1. The lowest BCUT2D eigenvalue weighted by Gasteiger charge is -2.31. The van der Waals surface area contributed by atoms with Crippen LogP contribution < -0.4 is 0 Å². The summed E-state index contributed by atoms with van der Waals surface area (Å²) in [6.45, 7) is 6.14. The number of phenols is 1. The van der Waals surface area contributed by atoms with Gasteiger partial charge in [0.1, 0.15) is 5.75 Å². The third-order valence-electron chi connectivity index (χ3n) is 3.10. The molecule has 2 N–H and O–H groups in total. The Balaban J connectivity index is 2.85. The summed E-state index contributed by atoms with van der Waals surface area (Å²) in [4.78, 5) is 14.0. The van der Waals surface area contributed by atoms with Crippen LogP contribution in [0.1, 0.15) is 36.7 Å². The summed E-state index contributed by atoms with van der Waals surface area (Å²) >= 11 is 0. The molecule has 0 radical (unpaired) electrons. The van der Waals surface area contributed by atoms with Crippen LogP contribution in [0.4, 0.5) is 0 Å². The minimum absolute atomic E-state index is 0.0122. The third-order valence-corrected chi connectivity index (χ3v) is 3.10. The van der Waals surface area contributed by atoms with E-state index >= 15 is 0 Å². The summed E-state index contributed by atoms with van der Waals surface area (Å²) < 4.78 is 0. The Kier molecular flexibility index (Phi) is 4.48. The molecule has 0 saturated heterocycles. The Morgan fingerprint density at radius 3 is 2.44 bits per heavy atom. The van der Waals surface area contributed by atoms with Gasteiger partial charge in [0.25, 0.3) is 0 Å². The molecule has 0 heterocycles. The summed E-state index contributed by atoms with van der Waals surface area (Å²) in [5.41, 5.74) is 0.805. The number of carbonyl (C=O) groups excluding carboxylic acids is 1. The summed E-state index contributed by atoms with van der Waals surface area (Å²) in [5, 5.41) is 18.5. The second-order valence-electron chi connectivity index (χ2n) is 5.45. The number of hydrogen-bond acceptors (Lipinski definition) is 4. The summed E-state index contributed by atoms with van der Waals surface area (Å²) in [5.74, 6) is -0.0136. The fourth-order valence-corrected chi connectivity index (χ4v) is 1.43. The van der Waals surface area contributed by atoms with Crippen molar-refractivity contribution in [2.45, 2.75) is 32.9 Å². The van der Waals surface area contributed by atoms with Crippen molar-refractivity contribution in [1.82, 2.24) is 4.90 Å². The molecule has 1 aromatic rings. The monoisotopic (exact) mass is 251 g/mol. The second kappa shape index (κ2) is 5.50. The van der Waals surface area contributed by atoms with E-state index in [1.54, 1.807) is 6.07 Å². The Morgan fingerprint density at radius 2 is 1.94 bits per heavy atom. The van der Waals surface area contributed by atoms with Crippen molar-refractivity contribution >= 4 is 5.78 Å². The quantitative estimate of drug-likeness (QED) is 0.801. The molecule has 100 valence electrons. The van der Waals surface area contributed by atoms with Gasteiger partial charge in [0.15, 0.2) is 5.78 Å². The van der Waals surface area contributed by atoms with Crippen LogP contribution in [-0.2, 0) is 6.61 Å². The number of aliphatic hydroxyl groups is 1. The molecule has 0 unspecified atom stereocenters. The number of ketones is 1. The van der Waals surface area contributed by atoms with E-state index in [0.29, 0.717) is 17.7 Å². The molecule has 0 aliphatic carbocycles. The Labute approximate surface area is 108 Å². The zero-order valence-corrected chi connectivity index (χ0v) is 11.4. The summed E-state index contributed by atoms with van der Waals surface area (Å²) in [6.07, 6.45) is 0. The van der Waals surface area contributed by atoms with Gasteiger partial charge in [-0.25, -0.2) is 0 Å². The molecule has 0 aliphatic heterocycles. The van der Waals surface area contributed by atoms with Crippen molar-refractivity contribution in [3.05, 3.63) is 29.3 Å². The molecule has 0 aromatic heterocycles. The number of Topliss-reactive ketones (excluding diaryl/α,β-unsaturated/α-hetero) is 1. The zero-order chi connectivity index (χ0) is 13.9. The Hall–Kier alpha value is -1.39. The molecule has 18 heavy (non-hydrogen) atoms. The van der Waals surface area contributed by atoms with Crippen LogP contribution in [0.2, 0.25) is 0 Å². The molecule has 0 spiro atoms. The molecular weight excluding hydrogens is 230 g/mol. The topological polar surface area (TPSA) is 60.8 Å². The lowest BCUT2D eigenvalue weighted by molar-refractivity contribution is 0.0873. The number of aliphatic hydroxyl groups excluding tert-OH is 1. The van der Waals surface area contributed by atoms with Crippen molar-refractivity contribution in [3.8, 4) is 5.75 Å². The van der Waals surface area contributed by atoms with Gasteiger partial charge in [0.2, 0.25) is 0 Å². The van der Waals surface area contributed by atoms with E-state index in [9.17, 15) is 9.90 Å². The Bertz CT molecular complexity index is 435. The van der Waals surface area contributed by atoms with Crippen LogP contribution in [0, 0.1) is 0 Å². The second-order valence-corrected chi connectivity index (χ2v) is 5.45. The fourth-order valence-electron chi connectivity index (χ4n) is 1.43. The van der Waals surface area contributed by atoms with Crippen LogP contribution in [0.25, 0.3) is 0 Å². The molecule has 4 heteroatoms. The number of aromatic hydroxyl groups is 1. The van der Waals surface area contributed by atoms with Gasteiger partial charge < -0.3 is 10.2 Å². The van der Waals surface area contributed by atoms with Crippen LogP contribution in [0.15, 0.2) is 18.2 Å². The van der Waals surface area contributed by atoms with Crippen molar-refractivity contribution in [2.24, 2.45) is 0 Å². The molecule has 4 nitrogen and oxygen atoms in total. The SMILES string of the molecule is CN(CC(=O)c1ccc(O)c(CO)c1)C(C)(C)C. The number of hydrogen-bond donors (Lipinski definition) is 2. The number of carbonyl (C=O) groups is 1. The third kappa shape index (κ3) is 3.55. The fraction of sp³-hybridized carbons (Fsp3) is 0.500. The van der Waals surface area contributed by atoms with E-state index in [1.807, 2.05) is 32.7 Å². The minimum Gasteiger partial charge on any atom is -0.508 e. The van der Waals surface area contributed by atoms with Gasteiger partial charge in [-0.1, -0.05) is 0 Å². The van der Waals surface area contributed by atoms with Crippen molar-refractivity contribution in [3.63, 3.8) is 0 Å². The van der Waals surface area contributed by atoms with Crippen molar-refractivity contribution < 1.29 is 15.0 Å². The van der Waals surface area contributed by atoms with Gasteiger partial charge in [0.05, 0.1) is 13.2 Å². The zero-order valence-electron chi connectivity index (χ0n) is 11.4. The first-order chi connectivity index (χ1) is 8.25. The highest BCUT2D eigenvalue weighted by Gasteiger charge is 2.20. The Morgan fingerprint density at radius 1 is 1.33 bits per heavy atom. The number of likely N-dealkylation sites (N-methyl/N-ethyl adjacent to an activating group) is 1. The van der Waals surface area contributed by atoms with Crippen LogP contribution in [0.3, 0.4) is 0 Å². The van der Waals surface area contributed by atoms with Crippen LogP contribution in [0.5, 0.6) is 5.75 Å². The van der Waals surface area contributed by atoms with E-state index in [1.165, 1.54) is 12.1 Å². The molecule has 0 aliphatic rings. The van der Waals surface area contributed by atoms with Crippen LogP contribution >= 0.6 is 0 Å². The number of benzene rings is 1. The smallest absolute Gasteiger partial charge is 0.176 e. The maximum atomic E-state index is 12.1. The van der Waals surface area contributed by atoms with Gasteiger partial charge in [-0.3, -0.25) is 9.69 Å². The highest BCUT2D eigenvalue weighted by atomic mass is 16.3. The van der Waals surface area contributed by atoms with E-state index < -0.39 is 0 Å². The number of nitrogens with zero attached hydrogens (tertiary/aromatic N) is 1. The first kappa shape index (κ1) is 14.7. The lowest BCUT2D eigenvalue weighted by atomic mass is 10.0. The number of rotatable bonds is 4. The van der Waals surface area contributed by atoms with Gasteiger partial charge >= 0.3 is 0 Å². The largest absolute Gasteiger partial charge is 0.508 e. The van der Waals surface area contributed by atoms with Crippen molar-refractivity contribution in [2.75, 3.05) is 13.6 Å². The molecule has 0 amide bonds. The minimum atomic E-state index is -0.276. The average molecular weight is 251 g/mol. The maximum Gasteiger partial charge on any atom is 0.176 e. The molecule has 0 atom stereocenters. The van der Waals surface area contributed by atoms with E-state index in [-0.39, 0.29) is 23.7 Å². The normalized spacial score (nSPS) is 11.9. The first-order valence-electron chi connectivity index (χ1n) is 5.93. The summed E-state index contributed by atoms with van der Waals surface area (Å²) in [7, 11) is 1.89. The molecule has 0 bridgehead atoms. The average Bonchev–Trinajstić information content (AvgIpc) is 2.28. The van der Waals surface area contributed by atoms with Gasteiger partial charge in [0, 0.05) is 16.7 Å². The highest BCUT2D eigenvalue weighted by molar-refractivity contribution is 5.98. The van der Waals surface area contributed by atoms with E-state index in [4.69, 9.17) is 5.11 Å². The van der Waals surface area contributed by atoms with E-state index in [2.05, 4.69) is 0 Å². The molecule has 1 aromatic carbocycles.